The van der Waals surface area contributed by atoms with Gasteiger partial charge in [0.05, 0.1) is 36.4 Å². The summed E-state index contributed by atoms with van der Waals surface area (Å²) in [6.07, 6.45) is 4.75. The van der Waals surface area contributed by atoms with Crippen LogP contribution in [-0.2, 0) is 4.74 Å². The summed E-state index contributed by atoms with van der Waals surface area (Å²) in [7, 11) is 0. The van der Waals surface area contributed by atoms with Gasteiger partial charge < -0.3 is 9.64 Å². The summed E-state index contributed by atoms with van der Waals surface area (Å²) in [6.45, 7) is 14.0. The van der Waals surface area contributed by atoms with Crippen molar-refractivity contribution in [3.8, 4) is 17.3 Å². The van der Waals surface area contributed by atoms with Crippen LogP contribution >= 0.6 is 11.6 Å². The van der Waals surface area contributed by atoms with E-state index < -0.39 is 11.7 Å². The molecule has 2 aromatic carbocycles. The molecule has 0 aliphatic carbocycles. The highest BCUT2D eigenvalue weighted by atomic mass is 35.5. The molecule has 1 aliphatic heterocycles. The van der Waals surface area contributed by atoms with Gasteiger partial charge in [0, 0.05) is 29.7 Å². The fourth-order valence-electron chi connectivity index (χ4n) is 4.23. The third-order valence-electron chi connectivity index (χ3n) is 6.14. The minimum absolute atomic E-state index is 0.224. The Morgan fingerprint density at radius 1 is 1.22 bits per heavy atom. The number of aliphatic imine (C=N–C) groups is 1. The first-order chi connectivity index (χ1) is 17.9. The standard InChI is InChI=1S/C27H25ClFN5O.C2H6/c1-17(4-7-26(28)31-3)23(15-30)21-14-22(24(29)12-18(21)2)27-20-6-5-19(13-25(20)32-16-33-27)34-8-10-35-11-9-34;1-2/h4-7,12-14,16,23H,3,8-11H2,1-2H3;1-2H3/b17-4+,26-7-;. The lowest BCUT2D eigenvalue weighted by molar-refractivity contribution is 0.122. The predicted octanol–water partition coefficient (Wildman–Crippen LogP) is 6.94. The number of nitriles is 1. The Bertz CT molecular complexity index is 1370. The van der Waals surface area contributed by atoms with Crippen LogP contribution in [0.25, 0.3) is 22.2 Å². The van der Waals surface area contributed by atoms with Crippen LogP contribution in [0.15, 0.2) is 64.5 Å². The zero-order valence-electron chi connectivity index (χ0n) is 21.6. The van der Waals surface area contributed by atoms with Gasteiger partial charge in [-0.25, -0.2) is 14.4 Å². The molecule has 192 valence electrons. The van der Waals surface area contributed by atoms with Gasteiger partial charge in [-0.1, -0.05) is 37.1 Å². The summed E-state index contributed by atoms with van der Waals surface area (Å²) in [5.41, 5.74) is 4.70. The Morgan fingerprint density at radius 3 is 2.62 bits per heavy atom. The minimum atomic E-state index is -0.596. The maximum atomic E-state index is 15.3. The van der Waals surface area contributed by atoms with Gasteiger partial charge in [0.15, 0.2) is 0 Å². The second kappa shape index (κ2) is 13.1. The molecule has 8 heteroatoms. The molecule has 1 saturated heterocycles. The molecule has 0 amide bonds. The van der Waals surface area contributed by atoms with Gasteiger partial charge in [0.2, 0.25) is 0 Å². The molecule has 1 unspecified atom stereocenters. The van der Waals surface area contributed by atoms with Gasteiger partial charge in [0.25, 0.3) is 0 Å². The largest absolute Gasteiger partial charge is 0.378 e. The summed E-state index contributed by atoms with van der Waals surface area (Å²) in [5.74, 6) is -0.999. The molecule has 37 heavy (non-hydrogen) atoms. The zero-order valence-corrected chi connectivity index (χ0v) is 22.4. The van der Waals surface area contributed by atoms with E-state index in [9.17, 15) is 5.26 Å². The first-order valence-electron chi connectivity index (χ1n) is 12.2. The van der Waals surface area contributed by atoms with E-state index in [-0.39, 0.29) is 5.16 Å². The van der Waals surface area contributed by atoms with Crippen LogP contribution < -0.4 is 4.90 Å². The number of fused-ring (bicyclic) bond motifs is 1. The Balaban J connectivity index is 0.00000186. The zero-order chi connectivity index (χ0) is 26.9. The Hall–Kier alpha value is -3.60. The van der Waals surface area contributed by atoms with Crippen molar-refractivity contribution in [2.75, 3.05) is 31.2 Å². The number of rotatable bonds is 6. The minimum Gasteiger partial charge on any atom is -0.378 e. The lowest BCUT2D eigenvalue weighted by atomic mass is 9.87. The van der Waals surface area contributed by atoms with Crippen LogP contribution in [0.2, 0.25) is 0 Å². The van der Waals surface area contributed by atoms with Gasteiger partial charge in [-0.3, -0.25) is 4.99 Å². The molecule has 1 atom stereocenters. The maximum absolute atomic E-state index is 15.3. The molecule has 3 aromatic rings. The number of allylic oxidation sites excluding steroid dienone is 3. The molecular formula is C29H31ClFN5O. The number of anilines is 1. The molecule has 6 nitrogen and oxygen atoms in total. The van der Waals surface area contributed by atoms with Crippen LogP contribution in [0.3, 0.4) is 0 Å². The molecule has 1 aliphatic rings. The lowest BCUT2D eigenvalue weighted by Gasteiger charge is -2.29. The summed E-state index contributed by atoms with van der Waals surface area (Å²) < 4.78 is 20.7. The average Bonchev–Trinajstić information content (AvgIpc) is 2.94. The molecular weight excluding hydrogens is 489 g/mol. The van der Waals surface area contributed by atoms with Gasteiger partial charge in [-0.2, -0.15) is 5.26 Å². The number of nitrogens with zero attached hydrogens (tertiary/aromatic N) is 5. The summed E-state index contributed by atoms with van der Waals surface area (Å²) in [6, 6.07) is 11.4. The number of ether oxygens (including phenoxy) is 1. The van der Waals surface area contributed by atoms with E-state index in [0.717, 1.165) is 35.3 Å². The van der Waals surface area contributed by atoms with E-state index in [2.05, 4.69) is 32.6 Å². The van der Waals surface area contributed by atoms with Crippen molar-refractivity contribution in [2.24, 2.45) is 4.99 Å². The van der Waals surface area contributed by atoms with Crippen molar-refractivity contribution < 1.29 is 9.13 Å². The quantitative estimate of drug-likeness (QED) is 0.200. The van der Waals surface area contributed by atoms with Crippen LogP contribution in [0.4, 0.5) is 10.1 Å². The summed E-state index contributed by atoms with van der Waals surface area (Å²) in [5, 5.41) is 10.9. The maximum Gasteiger partial charge on any atom is 0.132 e. The van der Waals surface area contributed by atoms with Crippen LogP contribution in [0.1, 0.15) is 37.8 Å². The van der Waals surface area contributed by atoms with Crippen molar-refractivity contribution in [3.63, 3.8) is 0 Å². The molecule has 0 bridgehead atoms. The molecule has 2 heterocycles. The van der Waals surface area contributed by atoms with Crippen LogP contribution in [-0.4, -0.2) is 43.0 Å². The van der Waals surface area contributed by atoms with Crippen molar-refractivity contribution >= 4 is 34.9 Å². The Kier molecular flexibility index (Phi) is 9.90. The number of aryl methyl sites for hydroxylation is 1. The third kappa shape index (κ3) is 6.40. The van der Waals surface area contributed by atoms with E-state index in [1.54, 1.807) is 25.1 Å². The second-order valence-corrected chi connectivity index (χ2v) is 8.72. The number of halogens is 2. The first-order valence-corrected chi connectivity index (χ1v) is 12.6. The number of hydrogen-bond donors (Lipinski definition) is 0. The van der Waals surface area contributed by atoms with Crippen molar-refractivity contribution in [1.29, 1.82) is 5.26 Å². The molecule has 1 aromatic heterocycles. The molecule has 0 saturated carbocycles. The monoisotopic (exact) mass is 519 g/mol. The van der Waals surface area contributed by atoms with Gasteiger partial charge in [-0.05, 0) is 68.1 Å². The molecule has 0 N–H and O–H groups in total. The van der Waals surface area contributed by atoms with Gasteiger partial charge in [0.1, 0.15) is 17.3 Å². The average molecular weight is 520 g/mol. The number of morpholine rings is 1. The number of aromatic nitrogens is 2. The van der Waals surface area contributed by atoms with Crippen molar-refractivity contribution in [3.05, 3.63) is 76.5 Å². The van der Waals surface area contributed by atoms with Crippen LogP contribution in [0.5, 0.6) is 0 Å². The van der Waals surface area contributed by atoms with Crippen molar-refractivity contribution in [1.82, 2.24) is 9.97 Å². The van der Waals surface area contributed by atoms with E-state index in [4.69, 9.17) is 16.3 Å². The van der Waals surface area contributed by atoms with Crippen LogP contribution in [0, 0.1) is 24.1 Å². The highest BCUT2D eigenvalue weighted by molar-refractivity contribution is 6.29. The van der Waals surface area contributed by atoms with E-state index in [0.29, 0.717) is 35.6 Å². The lowest BCUT2D eigenvalue weighted by Crippen LogP contribution is -2.36. The highest BCUT2D eigenvalue weighted by Gasteiger charge is 2.21. The normalized spacial score (nSPS) is 15.0. The fraction of sp³-hybridized carbons (Fsp3) is 0.310. The SMILES string of the molecule is C=N/C(Cl)=C\C=C(/C)C(C#N)c1cc(-c2ncnc3cc(N4CCOCC4)ccc23)c(F)cc1C.CC. The topological polar surface area (TPSA) is 74.4 Å². The number of hydrogen-bond acceptors (Lipinski definition) is 6. The molecule has 0 radical (unpaired) electrons. The smallest absolute Gasteiger partial charge is 0.132 e. The Labute approximate surface area is 222 Å². The predicted molar refractivity (Wildman–Crippen MR) is 150 cm³/mol. The van der Waals surface area contributed by atoms with E-state index >= 15 is 4.39 Å². The van der Waals surface area contributed by atoms with Crippen molar-refractivity contribution in [2.45, 2.75) is 33.6 Å². The Morgan fingerprint density at radius 2 is 1.95 bits per heavy atom. The van der Waals surface area contributed by atoms with E-state index in [1.165, 1.54) is 12.4 Å². The molecule has 0 spiro atoms. The first kappa shape index (κ1) is 28.0. The van der Waals surface area contributed by atoms with Gasteiger partial charge in [-0.15, -0.1) is 0 Å². The second-order valence-electron chi connectivity index (χ2n) is 8.33. The van der Waals surface area contributed by atoms with Gasteiger partial charge >= 0.3 is 0 Å². The fourth-order valence-corrected chi connectivity index (χ4v) is 4.29. The third-order valence-corrected chi connectivity index (χ3v) is 6.38. The van der Waals surface area contributed by atoms with E-state index in [1.807, 2.05) is 39.0 Å². The molecule has 4 rings (SSSR count). The summed E-state index contributed by atoms with van der Waals surface area (Å²) in [4.78, 5) is 14.7. The molecule has 1 fully saturated rings. The summed E-state index contributed by atoms with van der Waals surface area (Å²) >= 11 is 5.91. The number of benzene rings is 2. The highest BCUT2D eigenvalue weighted by Crippen LogP contribution is 2.35.